The lowest BCUT2D eigenvalue weighted by Crippen LogP contribution is -2.60. The van der Waals surface area contributed by atoms with Crippen LogP contribution in [-0.4, -0.2) is 189 Å². The molecule has 0 aliphatic rings. The number of nitrogens with two attached hydrogens (primary N) is 1. The lowest BCUT2D eigenvalue weighted by atomic mass is 10.0. The molecular weight excluding hydrogens is 1270 g/mol. The lowest BCUT2D eigenvalue weighted by Gasteiger charge is -2.28. The van der Waals surface area contributed by atoms with Crippen LogP contribution in [-0.2, 0) is 83.1 Å². The molecule has 1 rings (SSSR count). The first kappa shape index (κ1) is 85.3. The van der Waals surface area contributed by atoms with Crippen LogP contribution in [0.3, 0.4) is 0 Å². The molecule has 33 heteroatoms. The van der Waals surface area contributed by atoms with Gasteiger partial charge in [-0.25, -0.2) is 4.79 Å². The summed E-state index contributed by atoms with van der Waals surface area (Å²) in [5.41, 5.74) is 6.26. The summed E-state index contributed by atoms with van der Waals surface area (Å²) < 4.78 is 4.94. The number of aryl methyl sites for hydroxylation is 1. The van der Waals surface area contributed by atoms with Gasteiger partial charge in [0, 0.05) is 44.7 Å². The maximum atomic E-state index is 14.6. The molecule has 1 aromatic rings. The summed E-state index contributed by atoms with van der Waals surface area (Å²) >= 11 is 0. The van der Waals surface area contributed by atoms with E-state index in [1.54, 1.807) is 44.2 Å². The molecule has 10 atom stereocenters. The number of nitrogens with one attached hydrogen (secondary N) is 11. The van der Waals surface area contributed by atoms with E-state index in [1.165, 1.54) is 13.0 Å². The van der Waals surface area contributed by atoms with E-state index in [4.69, 9.17) is 15.6 Å². The Morgan fingerprint density at radius 2 is 0.794 bits per heavy atom. The number of hydrogen-bond donors (Lipinski definition) is 16. The topological polar surface area (TPSA) is 522 Å². The largest absolute Gasteiger partial charge is 0.481 e. The maximum absolute atomic E-state index is 14.6. The quantitative estimate of drug-likeness (QED) is 0.0309. The number of carbonyl (C=O) groups excluding carboxylic acids is 12. The first-order valence-electron chi connectivity index (χ1n) is 32.6. The van der Waals surface area contributed by atoms with E-state index < -0.39 is 214 Å². The number of primary amides is 1. The Kier molecular flexibility index (Phi) is 41.5. The van der Waals surface area contributed by atoms with Crippen LogP contribution in [0.1, 0.15) is 176 Å². The van der Waals surface area contributed by atoms with E-state index in [0.29, 0.717) is 19.3 Å². The smallest absolute Gasteiger partial charge is 0.407 e. The summed E-state index contributed by atoms with van der Waals surface area (Å²) in [6.45, 7) is 13.7. The van der Waals surface area contributed by atoms with Crippen molar-refractivity contribution in [2.24, 2.45) is 11.7 Å². The van der Waals surface area contributed by atoms with Gasteiger partial charge in [-0.1, -0.05) is 96.4 Å². The van der Waals surface area contributed by atoms with E-state index in [2.05, 4.69) is 65.1 Å². The number of ether oxygens (including phenoxy) is 1. The van der Waals surface area contributed by atoms with Crippen molar-refractivity contribution in [2.45, 2.75) is 237 Å². The lowest BCUT2D eigenvalue weighted by molar-refractivity contribution is -0.140. The SMILES string of the molecule is C=CCOC(=O)NCCCC[C@H](NC(=O)[C@@H](CCc1ccccc1)NC(=O)[C@H](CCCC)NC(=O)CCC(=O)O)C(=O)N[C@@H](CCC(N)=O)C(=O)N[C@@H](CCCC)C(=O)N[C@@H](CCC(=O)O)C(=O)N[C@@H](CCC(=O)O)C(=O)N[C@@H](CCC(=O)O)C(=O)N[C@@H](C)C(=O)N[C@H](C)C(C)C. The van der Waals surface area contributed by atoms with Crippen LogP contribution < -0.4 is 64.2 Å². The van der Waals surface area contributed by atoms with Crippen LogP contribution in [0.4, 0.5) is 4.79 Å². The Hall–Kier alpha value is -9.72. The average Bonchev–Trinajstić information content (AvgIpc) is 0.874. The zero-order chi connectivity index (χ0) is 73.2. The van der Waals surface area contributed by atoms with E-state index in [9.17, 15) is 92.0 Å². The first-order chi connectivity index (χ1) is 45.8. The van der Waals surface area contributed by atoms with Crippen LogP contribution in [0.15, 0.2) is 43.0 Å². The fraction of sp³-hybridized carbons (Fsp3) is 0.625. The Labute approximate surface area is 563 Å². The minimum absolute atomic E-state index is 0.00358. The number of aliphatic carboxylic acids is 4. The van der Waals surface area contributed by atoms with Crippen molar-refractivity contribution in [3.63, 3.8) is 0 Å². The van der Waals surface area contributed by atoms with E-state index in [0.717, 1.165) is 5.56 Å². The number of unbranched alkanes of at least 4 members (excludes halogenated alkanes) is 3. The van der Waals surface area contributed by atoms with Crippen molar-refractivity contribution in [3.8, 4) is 0 Å². The molecule has 97 heavy (non-hydrogen) atoms. The van der Waals surface area contributed by atoms with Crippen LogP contribution in [0.2, 0.25) is 0 Å². The molecule has 0 aliphatic carbocycles. The number of rotatable bonds is 51. The molecule has 1 aromatic carbocycles. The average molecular weight is 1370 g/mol. The van der Waals surface area contributed by atoms with Crippen molar-refractivity contribution < 1.29 is 102 Å². The summed E-state index contributed by atoms with van der Waals surface area (Å²) in [6, 6.07) is -5.57. The number of hydrogen-bond acceptors (Lipinski definition) is 17. The Bertz CT molecular complexity index is 2820. The number of alkyl carbamates (subject to hydrolysis) is 1. The third kappa shape index (κ3) is 37.2. The zero-order valence-electron chi connectivity index (χ0n) is 56.1. The number of amides is 12. The molecule has 0 unspecified atom stereocenters. The molecule has 17 N–H and O–H groups in total. The molecule has 0 aromatic heterocycles. The third-order valence-corrected chi connectivity index (χ3v) is 15.2. The van der Waals surface area contributed by atoms with Gasteiger partial charge in [0.1, 0.15) is 61.0 Å². The second kappa shape index (κ2) is 47.2. The standard InChI is InChI=1S/C64H100N12O21/c1-8-11-20-41(69-50(78)30-34-54(85)86)57(89)72-44(24-23-40-18-14-13-15-19-40)60(92)71-43(22-16-17-35-66-64(96)97-36-10-3)59(91)73-45(25-29-49(65)77)61(93)70-42(21-12-9-2)58(90)75-47(27-32-52(81)82)63(95)76-48(28-33-53(83)84)62(94)74-46(26-31-51(79)80)56(88)68-39(7)55(87)67-38(6)37(4)5/h10,13-15,18-19,37-39,41-48H,3,8-9,11-12,16-17,20-36H2,1-2,4-7H3,(H2,65,77)(H,66,96)(H,67,87)(H,68,88)(H,69,78)(H,70,93)(H,71,92)(H,72,89)(H,73,91)(H,74,94)(H,75,90)(H,76,95)(H,79,80)(H,81,82)(H,83,84)(H,85,86)/t38-,39+,41+,42+,43+,44-,45+,46+,47+,48+/m1/s1. The summed E-state index contributed by atoms with van der Waals surface area (Å²) in [7, 11) is 0. The number of carbonyl (C=O) groups is 16. The molecule has 0 aliphatic heterocycles. The minimum Gasteiger partial charge on any atom is -0.481 e. The highest BCUT2D eigenvalue weighted by atomic mass is 16.5. The predicted octanol–water partition coefficient (Wildman–Crippen LogP) is 0.351. The number of carboxylic acid groups (broad SMARTS) is 4. The molecule has 0 spiro atoms. The molecule has 0 bridgehead atoms. The third-order valence-electron chi connectivity index (χ3n) is 15.2. The molecule has 0 radical (unpaired) electrons. The number of carboxylic acids is 4. The first-order valence-corrected chi connectivity index (χ1v) is 32.6. The Morgan fingerprint density at radius 3 is 1.16 bits per heavy atom. The summed E-state index contributed by atoms with van der Waals surface area (Å²) in [5, 5.41) is 65.4. The van der Waals surface area contributed by atoms with Crippen molar-refractivity contribution >= 4 is 94.9 Å². The fourth-order valence-corrected chi connectivity index (χ4v) is 9.15. The second-order valence-electron chi connectivity index (χ2n) is 23.6. The van der Waals surface area contributed by atoms with E-state index in [-0.39, 0.29) is 76.5 Å². The van der Waals surface area contributed by atoms with Crippen LogP contribution in [0, 0.1) is 5.92 Å². The van der Waals surface area contributed by atoms with Crippen molar-refractivity contribution in [3.05, 3.63) is 48.6 Å². The summed E-state index contributed by atoms with van der Waals surface area (Å²) in [5.74, 6) is -16.2. The monoisotopic (exact) mass is 1370 g/mol. The fourth-order valence-electron chi connectivity index (χ4n) is 9.15. The Balaban J connectivity index is 3.81. The second-order valence-corrected chi connectivity index (χ2v) is 23.6. The van der Waals surface area contributed by atoms with Crippen molar-refractivity contribution in [1.82, 2.24) is 58.5 Å². The van der Waals surface area contributed by atoms with Crippen LogP contribution in [0.5, 0.6) is 0 Å². The normalized spacial score (nSPS) is 14.0. The highest BCUT2D eigenvalue weighted by Crippen LogP contribution is 2.14. The van der Waals surface area contributed by atoms with E-state index in [1.807, 2.05) is 20.8 Å². The van der Waals surface area contributed by atoms with Gasteiger partial charge in [-0.05, 0) is 96.0 Å². The summed E-state index contributed by atoms with van der Waals surface area (Å²) in [6.07, 6.45) is -3.77. The van der Waals surface area contributed by atoms with Gasteiger partial charge in [0.05, 0.1) is 6.42 Å². The van der Waals surface area contributed by atoms with Gasteiger partial charge in [-0.2, -0.15) is 0 Å². The van der Waals surface area contributed by atoms with Crippen LogP contribution in [0.25, 0.3) is 0 Å². The van der Waals surface area contributed by atoms with E-state index >= 15 is 0 Å². The number of benzene rings is 1. The van der Waals surface area contributed by atoms with Gasteiger partial charge < -0.3 is 89.4 Å². The molecular formula is C64H100N12O21. The predicted molar refractivity (Wildman–Crippen MR) is 349 cm³/mol. The summed E-state index contributed by atoms with van der Waals surface area (Å²) in [4.78, 5) is 211. The van der Waals surface area contributed by atoms with Crippen molar-refractivity contribution in [2.75, 3.05) is 13.2 Å². The van der Waals surface area contributed by atoms with Gasteiger partial charge in [-0.3, -0.25) is 71.9 Å². The Morgan fingerprint density at radius 1 is 0.433 bits per heavy atom. The van der Waals surface area contributed by atoms with Crippen molar-refractivity contribution in [1.29, 1.82) is 0 Å². The van der Waals surface area contributed by atoms with Gasteiger partial charge in [0.25, 0.3) is 0 Å². The molecule has 0 heterocycles. The highest BCUT2D eigenvalue weighted by molar-refractivity contribution is 5.99. The van der Waals surface area contributed by atoms with Gasteiger partial charge >= 0.3 is 30.0 Å². The van der Waals surface area contributed by atoms with Gasteiger partial charge in [0.15, 0.2) is 0 Å². The van der Waals surface area contributed by atoms with Crippen LogP contribution >= 0.6 is 0 Å². The zero-order valence-corrected chi connectivity index (χ0v) is 56.1. The highest BCUT2D eigenvalue weighted by Gasteiger charge is 2.36. The molecule has 33 nitrogen and oxygen atoms in total. The molecule has 12 amide bonds. The van der Waals surface area contributed by atoms with Gasteiger partial charge in [0.2, 0.25) is 65.0 Å². The molecule has 542 valence electrons. The maximum Gasteiger partial charge on any atom is 0.407 e. The molecule has 0 fully saturated rings. The minimum atomic E-state index is -1.85. The van der Waals surface area contributed by atoms with Gasteiger partial charge in [-0.15, -0.1) is 0 Å². The molecule has 0 saturated carbocycles. The molecule has 0 saturated heterocycles.